The second-order valence-corrected chi connectivity index (χ2v) is 14.0. The number of rotatable bonds is 27. The van der Waals surface area contributed by atoms with Crippen LogP contribution in [0.3, 0.4) is 0 Å². The predicted molar refractivity (Wildman–Crippen MR) is 156 cm³/mol. The van der Waals surface area contributed by atoms with E-state index in [4.69, 9.17) is 9.26 Å². The molecule has 0 spiro atoms. The summed E-state index contributed by atoms with van der Waals surface area (Å²) in [7, 11) is 6.60. The van der Waals surface area contributed by atoms with Gasteiger partial charge in [0.2, 0.25) is 0 Å². The SMILES string of the molecule is CCCCCCCCCCCCCCCCCCOC[C@H](CCP(=O)(O)OCC[N+](C)(C)C)N(C)C. The standard InChI is InChI=1S/C29H63N2O4P/c1-7-8-9-10-11-12-13-14-15-16-17-18-19-20-21-22-25-34-28-29(30(2)3)23-27-36(32,33)35-26-24-31(4,5)6/h29H,7-28H2,1-6H3/p+1/t29-/m0/s1. The van der Waals surface area contributed by atoms with Crippen LogP contribution in [0.4, 0.5) is 0 Å². The first-order valence-corrected chi connectivity index (χ1v) is 16.8. The van der Waals surface area contributed by atoms with E-state index in [2.05, 4.69) is 11.8 Å². The lowest BCUT2D eigenvalue weighted by molar-refractivity contribution is -0.870. The monoisotopic (exact) mass is 535 g/mol. The first-order valence-electron chi connectivity index (χ1n) is 15.1. The van der Waals surface area contributed by atoms with E-state index in [0.717, 1.165) is 13.0 Å². The van der Waals surface area contributed by atoms with Crippen molar-refractivity contribution in [1.29, 1.82) is 0 Å². The zero-order chi connectivity index (χ0) is 27.1. The molecule has 0 bridgehead atoms. The van der Waals surface area contributed by atoms with Gasteiger partial charge in [0.05, 0.1) is 33.9 Å². The zero-order valence-corrected chi connectivity index (χ0v) is 26.0. The van der Waals surface area contributed by atoms with Crippen LogP contribution in [0, 0.1) is 0 Å². The van der Waals surface area contributed by atoms with Gasteiger partial charge >= 0.3 is 7.60 Å². The van der Waals surface area contributed by atoms with Gasteiger partial charge in [-0.05, 0) is 26.9 Å². The third-order valence-corrected chi connectivity index (χ3v) is 8.39. The Labute approximate surface area is 225 Å². The van der Waals surface area contributed by atoms with Gasteiger partial charge in [-0.2, -0.15) is 0 Å². The molecule has 1 unspecified atom stereocenters. The van der Waals surface area contributed by atoms with Crippen molar-refractivity contribution in [1.82, 2.24) is 4.90 Å². The van der Waals surface area contributed by atoms with Gasteiger partial charge < -0.3 is 23.5 Å². The first kappa shape index (κ1) is 36.0. The lowest BCUT2D eigenvalue weighted by Gasteiger charge is -2.26. The maximum Gasteiger partial charge on any atom is 0.328 e. The van der Waals surface area contributed by atoms with Crippen LogP contribution in [-0.4, -0.2) is 88.1 Å². The molecule has 218 valence electrons. The van der Waals surface area contributed by atoms with Gasteiger partial charge in [-0.15, -0.1) is 0 Å². The molecule has 0 amide bonds. The number of unbranched alkanes of at least 4 members (excludes halogenated alkanes) is 15. The summed E-state index contributed by atoms with van der Waals surface area (Å²) in [4.78, 5) is 12.2. The molecular formula is C29H64N2O4P+. The van der Waals surface area contributed by atoms with E-state index in [1.165, 1.54) is 96.3 Å². The molecule has 6 nitrogen and oxygen atoms in total. The molecule has 0 aromatic rings. The average molecular weight is 536 g/mol. The fourth-order valence-corrected chi connectivity index (χ4v) is 5.42. The van der Waals surface area contributed by atoms with Crippen molar-refractivity contribution in [3.05, 3.63) is 0 Å². The van der Waals surface area contributed by atoms with Gasteiger partial charge in [0.25, 0.3) is 0 Å². The Kier molecular flexibility index (Phi) is 23.0. The van der Waals surface area contributed by atoms with E-state index in [-0.39, 0.29) is 12.2 Å². The van der Waals surface area contributed by atoms with E-state index in [1.807, 2.05) is 35.2 Å². The van der Waals surface area contributed by atoms with Crippen LogP contribution in [-0.2, 0) is 13.8 Å². The second-order valence-electron chi connectivity index (χ2n) is 12.0. The summed E-state index contributed by atoms with van der Waals surface area (Å²) in [6.07, 6.45) is 22.7. The molecule has 0 aromatic heterocycles. The van der Waals surface area contributed by atoms with Crippen molar-refractivity contribution in [3.63, 3.8) is 0 Å². The fraction of sp³-hybridized carbons (Fsp3) is 1.00. The fourth-order valence-electron chi connectivity index (χ4n) is 4.30. The van der Waals surface area contributed by atoms with Crippen molar-refractivity contribution in [2.45, 2.75) is 122 Å². The highest BCUT2D eigenvalue weighted by atomic mass is 31.2. The largest absolute Gasteiger partial charge is 0.380 e. The van der Waals surface area contributed by atoms with Gasteiger partial charge in [0, 0.05) is 12.6 Å². The Hall–Kier alpha value is 0.0300. The quantitative estimate of drug-likeness (QED) is 0.0671. The Morgan fingerprint density at radius 3 is 1.61 bits per heavy atom. The maximum atomic E-state index is 12.3. The average Bonchev–Trinajstić information content (AvgIpc) is 2.78. The lowest BCUT2D eigenvalue weighted by atomic mass is 10.0. The van der Waals surface area contributed by atoms with E-state index in [0.29, 0.717) is 30.7 Å². The molecule has 0 radical (unpaired) electrons. The van der Waals surface area contributed by atoms with E-state index < -0.39 is 7.60 Å². The minimum absolute atomic E-state index is 0.133. The highest BCUT2D eigenvalue weighted by Crippen LogP contribution is 2.42. The summed E-state index contributed by atoms with van der Waals surface area (Å²) in [6, 6.07) is 0.133. The molecule has 36 heavy (non-hydrogen) atoms. The van der Waals surface area contributed by atoms with E-state index >= 15 is 0 Å². The summed E-state index contributed by atoms with van der Waals surface area (Å²) in [5.74, 6) is 0. The second kappa shape index (κ2) is 23.0. The molecule has 7 heteroatoms. The third-order valence-electron chi connectivity index (χ3n) is 6.98. The van der Waals surface area contributed by atoms with Gasteiger partial charge in [-0.25, -0.2) is 0 Å². The van der Waals surface area contributed by atoms with Crippen molar-refractivity contribution < 1.29 is 23.2 Å². The Bertz CT molecular complexity index is 526. The Balaban J connectivity index is 3.61. The van der Waals surface area contributed by atoms with E-state index in [1.54, 1.807) is 0 Å². The number of ether oxygens (including phenoxy) is 1. The van der Waals surface area contributed by atoms with Crippen molar-refractivity contribution in [3.8, 4) is 0 Å². The normalized spacial score (nSPS) is 14.9. The Morgan fingerprint density at radius 2 is 1.19 bits per heavy atom. The molecule has 0 aliphatic carbocycles. The molecule has 0 rings (SSSR count). The summed E-state index contributed by atoms with van der Waals surface area (Å²) < 4.78 is 24.3. The van der Waals surface area contributed by atoms with Crippen molar-refractivity contribution >= 4 is 7.60 Å². The lowest BCUT2D eigenvalue weighted by Crippen LogP contribution is -2.37. The van der Waals surface area contributed by atoms with Crippen LogP contribution < -0.4 is 0 Å². The third kappa shape index (κ3) is 25.7. The summed E-state index contributed by atoms with van der Waals surface area (Å²) in [6.45, 7) is 4.68. The minimum atomic E-state index is -3.54. The number of quaternary nitrogens is 1. The van der Waals surface area contributed by atoms with Crippen molar-refractivity contribution in [2.75, 3.05) is 67.8 Å². The molecule has 0 fully saturated rings. The number of nitrogens with zero attached hydrogens (tertiary/aromatic N) is 2. The minimum Gasteiger partial charge on any atom is -0.380 e. The summed E-state index contributed by atoms with van der Waals surface area (Å²) >= 11 is 0. The van der Waals surface area contributed by atoms with Crippen LogP contribution in [0.5, 0.6) is 0 Å². The van der Waals surface area contributed by atoms with E-state index in [9.17, 15) is 9.46 Å². The van der Waals surface area contributed by atoms with Crippen LogP contribution in [0.2, 0.25) is 0 Å². The van der Waals surface area contributed by atoms with Crippen molar-refractivity contribution in [2.24, 2.45) is 0 Å². The topological polar surface area (TPSA) is 59.0 Å². The molecule has 2 atom stereocenters. The van der Waals surface area contributed by atoms with Gasteiger partial charge in [-0.1, -0.05) is 103 Å². The molecule has 0 aliphatic rings. The first-order chi connectivity index (χ1) is 17.1. The molecule has 1 N–H and O–H groups in total. The molecule has 0 saturated heterocycles. The van der Waals surface area contributed by atoms with Crippen LogP contribution in [0.1, 0.15) is 116 Å². The molecule has 0 aromatic carbocycles. The smallest absolute Gasteiger partial charge is 0.328 e. The maximum absolute atomic E-state index is 12.3. The summed E-state index contributed by atoms with van der Waals surface area (Å²) in [5.41, 5.74) is 0. The van der Waals surface area contributed by atoms with Crippen LogP contribution in [0.25, 0.3) is 0 Å². The Morgan fingerprint density at radius 1 is 0.750 bits per heavy atom. The molecular weight excluding hydrogens is 471 g/mol. The highest BCUT2D eigenvalue weighted by molar-refractivity contribution is 7.52. The predicted octanol–water partition coefficient (Wildman–Crippen LogP) is 7.49. The van der Waals surface area contributed by atoms with Crippen LogP contribution >= 0.6 is 7.60 Å². The van der Waals surface area contributed by atoms with Gasteiger partial charge in [0.1, 0.15) is 13.2 Å². The highest BCUT2D eigenvalue weighted by Gasteiger charge is 2.24. The number of likely N-dealkylation sites (N-methyl/N-ethyl adjacent to an activating group) is 2. The molecule has 0 heterocycles. The summed E-state index contributed by atoms with van der Waals surface area (Å²) in [5, 5.41) is 0. The zero-order valence-electron chi connectivity index (χ0n) is 25.1. The number of hydrogen-bond donors (Lipinski definition) is 1. The van der Waals surface area contributed by atoms with Crippen LogP contribution in [0.15, 0.2) is 0 Å². The molecule has 0 saturated carbocycles. The number of hydrogen-bond acceptors (Lipinski definition) is 4. The molecule has 0 aliphatic heterocycles. The van der Waals surface area contributed by atoms with Gasteiger partial charge in [-0.3, -0.25) is 4.57 Å². The van der Waals surface area contributed by atoms with Gasteiger partial charge in [0.15, 0.2) is 0 Å².